The Morgan fingerprint density at radius 3 is 1.93 bits per heavy atom. The molecule has 0 amide bonds. The van der Waals surface area contributed by atoms with Gasteiger partial charge in [0.25, 0.3) is 0 Å². The lowest BCUT2D eigenvalue weighted by atomic mass is 9.91. The summed E-state index contributed by atoms with van der Waals surface area (Å²) in [6.45, 7) is 0. The standard InChI is InChI=1S/C25H16O2/c26-25-20-13-7-8-14-21(20)27-22-16-15-19(17-9-3-1-4-10-17)23(24(22)25)18-11-5-2-6-12-18/h1-16H. The second-order valence-electron chi connectivity index (χ2n) is 6.52. The van der Waals surface area contributed by atoms with Crippen LogP contribution in [0.5, 0.6) is 0 Å². The molecule has 2 heteroatoms. The first-order valence-electron chi connectivity index (χ1n) is 8.92. The summed E-state index contributed by atoms with van der Waals surface area (Å²) >= 11 is 0. The Hall–Kier alpha value is -3.65. The third-order valence-corrected chi connectivity index (χ3v) is 4.89. The lowest BCUT2D eigenvalue weighted by Gasteiger charge is -2.14. The Bertz CT molecular complexity index is 1320. The first-order chi connectivity index (χ1) is 13.3. The molecule has 0 saturated heterocycles. The predicted molar refractivity (Wildman–Crippen MR) is 111 cm³/mol. The van der Waals surface area contributed by atoms with Gasteiger partial charge in [-0.15, -0.1) is 0 Å². The number of hydrogen-bond donors (Lipinski definition) is 0. The Morgan fingerprint density at radius 1 is 0.556 bits per heavy atom. The van der Waals surface area contributed by atoms with Crippen molar-refractivity contribution in [1.29, 1.82) is 0 Å². The van der Waals surface area contributed by atoms with Crippen molar-refractivity contribution in [2.24, 2.45) is 0 Å². The Labute approximate surface area is 156 Å². The van der Waals surface area contributed by atoms with Gasteiger partial charge in [0, 0.05) is 5.56 Å². The Balaban J connectivity index is 1.99. The largest absolute Gasteiger partial charge is 0.456 e. The van der Waals surface area contributed by atoms with Crippen molar-refractivity contribution < 1.29 is 4.42 Å². The van der Waals surface area contributed by atoms with Crippen molar-refractivity contribution in [3.05, 3.63) is 107 Å². The molecule has 5 rings (SSSR count). The van der Waals surface area contributed by atoms with Crippen LogP contribution in [0.25, 0.3) is 44.2 Å². The summed E-state index contributed by atoms with van der Waals surface area (Å²) in [6, 6.07) is 31.5. The van der Waals surface area contributed by atoms with Crippen molar-refractivity contribution in [2.75, 3.05) is 0 Å². The van der Waals surface area contributed by atoms with Crippen molar-refractivity contribution in [1.82, 2.24) is 0 Å². The maximum Gasteiger partial charge on any atom is 0.201 e. The number of rotatable bonds is 2. The summed E-state index contributed by atoms with van der Waals surface area (Å²) in [5.74, 6) is 0. The van der Waals surface area contributed by atoms with Crippen LogP contribution < -0.4 is 5.43 Å². The summed E-state index contributed by atoms with van der Waals surface area (Å²) in [4.78, 5) is 13.4. The summed E-state index contributed by atoms with van der Waals surface area (Å²) in [5.41, 5.74) is 5.24. The topological polar surface area (TPSA) is 30.2 Å². The molecular formula is C25H16O2. The molecule has 0 saturated carbocycles. The molecule has 2 nitrogen and oxygen atoms in total. The Morgan fingerprint density at radius 2 is 1.19 bits per heavy atom. The third-order valence-electron chi connectivity index (χ3n) is 4.89. The number of fused-ring (bicyclic) bond motifs is 2. The molecule has 0 unspecified atom stereocenters. The van der Waals surface area contributed by atoms with Crippen LogP contribution in [0.2, 0.25) is 0 Å². The highest BCUT2D eigenvalue weighted by Crippen LogP contribution is 2.37. The average molecular weight is 348 g/mol. The first-order valence-corrected chi connectivity index (χ1v) is 8.92. The number of benzene rings is 4. The summed E-state index contributed by atoms with van der Waals surface area (Å²) in [5, 5.41) is 1.23. The molecule has 0 N–H and O–H groups in total. The molecule has 1 heterocycles. The SMILES string of the molecule is O=c1c2ccccc2oc2ccc(-c3ccccc3)c(-c3ccccc3)c12. The normalized spacial score (nSPS) is 11.1. The second kappa shape index (κ2) is 6.26. The van der Waals surface area contributed by atoms with Gasteiger partial charge in [-0.05, 0) is 34.9 Å². The lowest BCUT2D eigenvalue weighted by molar-refractivity contribution is 0.660. The van der Waals surface area contributed by atoms with Crippen LogP contribution in [0, 0.1) is 0 Å². The molecule has 1 aromatic heterocycles. The van der Waals surface area contributed by atoms with E-state index in [2.05, 4.69) is 12.1 Å². The van der Waals surface area contributed by atoms with E-state index in [1.54, 1.807) is 0 Å². The minimum absolute atomic E-state index is 0.00323. The van der Waals surface area contributed by atoms with Crippen LogP contribution in [0.3, 0.4) is 0 Å². The molecule has 0 radical (unpaired) electrons. The van der Waals surface area contributed by atoms with Crippen LogP contribution in [0.4, 0.5) is 0 Å². The van der Waals surface area contributed by atoms with E-state index < -0.39 is 0 Å². The van der Waals surface area contributed by atoms with E-state index in [1.165, 1.54) is 0 Å². The van der Waals surface area contributed by atoms with Gasteiger partial charge in [-0.2, -0.15) is 0 Å². The molecular weight excluding hydrogens is 332 g/mol. The number of hydrogen-bond acceptors (Lipinski definition) is 2. The summed E-state index contributed by atoms with van der Waals surface area (Å²) in [7, 11) is 0. The van der Waals surface area contributed by atoms with Gasteiger partial charge in [0.15, 0.2) is 0 Å². The fraction of sp³-hybridized carbons (Fsp3) is 0. The average Bonchev–Trinajstić information content (AvgIpc) is 2.74. The molecule has 128 valence electrons. The first kappa shape index (κ1) is 15.6. The molecule has 0 atom stereocenters. The molecule has 0 bridgehead atoms. The molecule has 0 aliphatic rings. The van der Waals surface area contributed by atoms with Gasteiger partial charge >= 0.3 is 0 Å². The van der Waals surface area contributed by atoms with E-state index in [-0.39, 0.29) is 5.43 Å². The molecule has 0 fully saturated rings. The van der Waals surface area contributed by atoms with Crippen LogP contribution in [-0.2, 0) is 0 Å². The molecule has 0 aliphatic heterocycles. The summed E-state index contributed by atoms with van der Waals surface area (Å²) in [6.07, 6.45) is 0. The van der Waals surface area contributed by atoms with Gasteiger partial charge in [0.1, 0.15) is 11.2 Å². The van der Waals surface area contributed by atoms with Crippen LogP contribution in [0.15, 0.2) is 106 Å². The summed E-state index contributed by atoms with van der Waals surface area (Å²) < 4.78 is 6.08. The maximum absolute atomic E-state index is 13.4. The van der Waals surface area contributed by atoms with Crippen LogP contribution in [-0.4, -0.2) is 0 Å². The van der Waals surface area contributed by atoms with Gasteiger partial charge in [-0.25, -0.2) is 0 Å². The predicted octanol–water partition coefficient (Wildman–Crippen LogP) is 6.28. The Kier molecular flexibility index (Phi) is 3.61. The molecule has 27 heavy (non-hydrogen) atoms. The fourth-order valence-corrected chi connectivity index (χ4v) is 3.65. The zero-order chi connectivity index (χ0) is 18.2. The quantitative estimate of drug-likeness (QED) is 0.351. The fourth-order valence-electron chi connectivity index (χ4n) is 3.65. The molecule has 0 aliphatic carbocycles. The number of para-hydroxylation sites is 1. The smallest absolute Gasteiger partial charge is 0.201 e. The van der Waals surface area contributed by atoms with Crippen molar-refractivity contribution in [2.45, 2.75) is 0 Å². The van der Waals surface area contributed by atoms with Gasteiger partial charge in [0.05, 0.1) is 10.8 Å². The lowest BCUT2D eigenvalue weighted by Crippen LogP contribution is -2.04. The molecule has 5 aromatic rings. The van der Waals surface area contributed by atoms with Gasteiger partial charge in [0.2, 0.25) is 5.43 Å². The van der Waals surface area contributed by atoms with E-state index in [9.17, 15) is 4.79 Å². The van der Waals surface area contributed by atoms with Gasteiger partial charge in [-0.1, -0.05) is 78.9 Å². The highest BCUT2D eigenvalue weighted by Gasteiger charge is 2.17. The monoisotopic (exact) mass is 348 g/mol. The zero-order valence-electron chi connectivity index (χ0n) is 14.6. The highest BCUT2D eigenvalue weighted by molar-refractivity contribution is 6.05. The van der Waals surface area contributed by atoms with Crippen molar-refractivity contribution in [3.63, 3.8) is 0 Å². The maximum atomic E-state index is 13.4. The molecule has 0 spiro atoms. The minimum atomic E-state index is 0.00323. The third kappa shape index (κ3) is 2.54. The minimum Gasteiger partial charge on any atom is -0.456 e. The second-order valence-corrected chi connectivity index (χ2v) is 6.52. The van der Waals surface area contributed by atoms with Crippen LogP contribution in [0.1, 0.15) is 0 Å². The van der Waals surface area contributed by atoms with Gasteiger partial charge in [-0.3, -0.25) is 4.79 Å². The highest BCUT2D eigenvalue weighted by atomic mass is 16.3. The zero-order valence-corrected chi connectivity index (χ0v) is 14.6. The van der Waals surface area contributed by atoms with E-state index in [0.717, 1.165) is 22.3 Å². The van der Waals surface area contributed by atoms with Gasteiger partial charge < -0.3 is 4.42 Å². The van der Waals surface area contributed by atoms with Crippen LogP contribution >= 0.6 is 0 Å². The van der Waals surface area contributed by atoms with E-state index in [1.807, 2.05) is 84.9 Å². The van der Waals surface area contributed by atoms with Crippen molar-refractivity contribution in [3.8, 4) is 22.3 Å². The van der Waals surface area contributed by atoms with Crippen molar-refractivity contribution >= 4 is 21.9 Å². The van der Waals surface area contributed by atoms with E-state index >= 15 is 0 Å². The molecule has 4 aromatic carbocycles. The van der Waals surface area contributed by atoms with E-state index in [4.69, 9.17) is 4.42 Å². The van der Waals surface area contributed by atoms with E-state index in [0.29, 0.717) is 21.9 Å².